The first kappa shape index (κ1) is 18.1. The summed E-state index contributed by atoms with van der Waals surface area (Å²) in [5.74, 6) is 0.415. The van der Waals surface area contributed by atoms with E-state index in [1.54, 1.807) is 7.11 Å². The number of methoxy groups -OCH3 is 1. The second kappa shape index (κ2) is 7.47. The van der Waals surface area contributed by atoms with Gasteiger partial charge in [0.1, 0.15) is 6.33 Å². The number of para-hydroxylation sites is 1. The predicted octanol–water partition coefficient (Wildman–Crippen LogP) is 3.15. The van der Waals surface area contributed by atoms with Gasteiger partial charge in [-0.2, -0.15) is 4.98 Å². The van der Waals surface area contributed by atoms with Crippen LogP contribution in [0.1, 0.15) is 18.4 Å². The summed E-state index contributed by atoms with van der Waals surface area (Å²) < 4.78 is 5.21. The average molecular weight is 411 g/mol. The van der Waals surface area contributed by atoms with Gasteiger partial charge in [-0.05, 0) is 30.9 Å². The van der Waals surface area contributed by atoms with Gasteiger partial charge in [0.2, 0.25) is 5.88 Å². The van der Waals surface area contributed by atoms with Crippen LogP contribution < -0.4 is 15.0 Å². The minimum absolute atomic E-state index is 0.115. The molecule has 0 bridgehead atoms. The van der Waals surface area contributed by atoms with E-state index in [2.05, 4.69) is 49.4 Å². The van der Waals surface area contributed by atoms with Crippen molar-refractivity contribution in [3.05, 3.63) is 36.2 Å². The highest BCUT2D eigenvalue weighted by Gasteiger charge is 2.30. The van der Waals surface area contributed by atoms with Crippen molar-refractivity contribution in [2.45, 2.75) is 25.3 Å². The maximum Gasteiger partial charge on any atom is 0.323 e. The molecule has 1 N–H and O–H groups in total. The topological polar surface area (TPSA) is 83.5 Å². The standard InChI is InChI=1S/C20H22N6O2S/c1-28-17-16-18(22-12-21-17)29-19(23-16)24-20(27)25-9-7-14(8-10-25)26-11-6-13-4-2-3-5-15(13)26/h2-5,12,14H,6-11H2,1H3,(H,23,24,27). The molecule has 2 aromatic heterocycles. The number of rotatable bonds is 3. The zero-order chi connectivity index (χ0) is 19.8. The predicted molar refractivity (Wildman–Crippen MR) is 113 cm³/mol. The Bertz CT molecular complexity index is 1050. The second-order valence-corrected chi connectivity index (χ2v) is 8.25. The molecule has 1 fully saturated rings. The highest BCUT2D eigenvalue weighted by molar-refractivity contribution is 7.22. The zero-order valence-corrected chi connectivity index (χ0v) is 17.0. The summed E-state index contributed by atoms with van der Waals surface area (Å²) in [4.78, 5) is 30.5. The minimum atomic E-state index is -0.115. The van der Waals surface area contributed by atoms with Crippen LogP contribution in [-0.2, 0) is 6.42 Å². The second-order valence-electron chi connectivity index (χ2n) is 7.28. The van der Waals surface area contributed by atoms with Crippen molar-refractivity contribution in [3.8, 4) is 5.88 Å². The first-order chi connectivity index (χ1) is 14.2. The Morgan fingerprint density at radius 1 is 1.21 bits per heavy atom. The van der Waals surface area contributed by atoms with E-state index in [1.807, 2.05) is 4.90 Å². The van der Waals surface area contributed by atoms with Crippen molar-refractivity contribution in [1.82, 2.24) is 19.9 Å². The first-order valence-electron chi connectivity index (χ1n) is 9.79. The summed E-state index contributed by atoms with van der Waals surface area (Å²) in [5.41, 5.74) is 3.36. The third-order valence-electron chi connectivity index (χ3n) is 5.68. The van der Waals surface area contributed by atoms with Gasteiger partial charge in [0.25, 0.3) is 0 Å². The largest absolute Gasteiger partial charge is 0.479 e. The number of amides is 2. The maximum absolute atomic E-state index is 12.7. The fraction of sp³-hybridized carbons (Fsp3) is 0.400. The molecule has 0 aliphatic carbocycles. The van der Waals surface area contributed by atoms with Gasteiger partial charge in [-0.3, -0.25) is 5.32 Å². The van der Waals surface area contributed by atoms with E-state index in [4.69, 9.17) is 4.74 Å². The number of nitrogens with zero attached hydrogens (tertiary/aromatic N) is 5. The summed E-state index contributed by atoms with van der Waals surface area (Å²) in [6, 6.07) is 9.03. The molecule has 8 nitrogen and oxygen atoms in total. The molecule has 2 aliphatic heterocycles. The van der Waals surface area contributed by atoms with E-state index in [9.17, 15) is 4.79 Å². The molecule has 0 atom stereocenters. The van der Waals surface area contributed by atoms with Crippen molar-refractivity contribution in [3.63, 3.8) is 0 Å². The van der Waals surface area contributed by atoms with Crippen LogP contribution in [-0.4, -0.2) is 58.7 Å². The Kier molecular flexibility index (Phi) is 4.67. The molecule has 2 aliphatic rings. The van der Waals surface area contributed by atoms with Crippen molar-refractivity contribution in [1.29, 1.82) is 0 Å². The number of likely N-dealkylation sites (tertiary alicyclic amines) is 1. The van der Waals surface area contributed by atoms with Crippen LogP contribution in [0.15, 0.2) is 30.6 Å². The van der Waals surface area contributed by atoms with Crippen molar-refractivity contribution < 1.29 is 9.53 Å². The van der Waals surface area contributed by atoms with E-state index in [-0.39, 0.29) is 6.03 Å². The van der Waals surface area contributed by atoms with Gasteiger partial charge in [-0.15, -0.1) is 0 Å². The van der Waals surface area contributed by atoms with Gasteiger partial charge in [-0.1, -0.05) is 29.5 Å². The summed E-state index contributed by atoms with van der Waals surface area (Å²) >= 11 is 1.32. The molecule has 150 valence electrons. The lowest BCUT2D eigenvalue weighted by Gasteiger charge is -2.37. The number of hydrogen-bond acceptors (Lipinski definition) is 7. The number of aromatic nitrogens is 3. The normalized spacial score (nSPS) is 16.9. The van der Waals surface area contributed by atoms with Crippen molar-refractivity contribution >= 4 is 38.5 Å². The third kappa shape index (κ3) is 3.35. The van der Waals surface area contributed by atoms with Crippen LogP contribution in [0, 0.1) is 0 Å². The van der Waals surface area contributed by atoms with Gasteiger partial charge in [0.05, 0.1) is 7.11 Å². The van der Waals surface area contributed by atoms with Gasteiger partial charge < -0.3 is 14.5 Å². The monoisotopic (exact) mass is 410 g/mol. The zero-order valence-electron chi connectivity index (χ0n) is 16.2. The minimum Gasteiger partial charge on any atom is -0.479 e. The molecule has 9 heteroatoms. The maximum atomic E-state index is 12.7. The molecule has 0 unspecified atom stereocenters. The lowest BCUT2D eigenvalue weighted by molar-refractivity contribution is 0.193. The molecule has 0 radical (unpaired) electrons. The smallest absolute Gasteiger partial charge is 0.323 e. The quantitative estimate of drug-likeness (QED) is 0.714. The third-order valence-corrected chi connectivity index (χ3v) is 6.56. The number of nitrogens with one attached hydrogen (secondary N) is 1. The number of hydrogen-bond donors (Lipinski definition) is 1. The van der Waals surface area contributed by atoms with E-state index in [1.165, 1.54) is 28.9 Å². The SMILES string of the molecule is COc1ncnc2sc(NC(=O)N3CCC(N4CCc5ccccc54)CC3)nc12. The van der Waals surface area contributed by atoms with Gasteiger partial charge in [0, 0.05) is 31.4 Å². The highest BCUT2D eigenvalue weighted by Crippen LogP contribution is 2.33. The van der Waals surface area contributed by atoms with Crippen molar-refractivity contribution in [2.24, 2.45) is 0 Å². The Hall–Kier alpha value is -2.94. The molecule has 29 heavy (non-hydrogen) atoms. The molecule has 2 amide bonds. The average Bonchev–Trinajstić information content (AvgIpc) is 3.37. The van der Waals surface area contributed by atoms with Crippen LogP contribution in [0.5, 0.6) is 5.88 Å². The van der Waals surface area contributed by atoms with E-state index in [0.717, 1.165) is 38.9 Å². The summed E-state index contributed by atoms with van der Waals surface area (Å²) in [5, 5.41) is 3.42. The molecule has 4 heterocycles. The van der Waals surface area contributed by atoms with Crippen LogP contribution in [0.25, 0.3) is 10.3 Å². The summed E-state index contributed by atoms with van der Waals surface area (Å²) in [6.45, 7) is 2.55. The molecular formula is C20H22N6O2S. The van der Waals surface area contributed by atoms with Crippen LogP contribution in [0.4, 0.5) is 15.6 Å². The Labute approximate surface area is 172 Å². The molecule has 0 saturated carbocycles. The first-order valence-corrected chi connectivity index (χ1v) is 10.6. The molecular weight excluding hydrogens is 388 g/mol. The van der Waals surface area contributed by atoms with Gasteiger partial charge >= 0.3 is 6.03 Å². The number of ether oxygens (including phenoxy) is 1. The Balaban J connectivity index is 1.22. The van der Waals surface area contributed by atoms with E-state index >= 15 is 0 Å². The van der Waals surface area contributed by atoms with Gasteiger partial charge in [-0.25, -0.2) is 14.8 Å². The number of thiazole rings is 1. The number of carbonyl (C=O) groups excluding carboxylic acids is 1. The summed E-state index contributed by atoms with van der Waals surface area (Å²) in [6.07, 6.45) is 4.49. The number of urea groups is 1. The highest BCUT2D eigenvalue weighted by atomic mass is 32.1. The summed E-state index contributed by atoms with van der Waals surface area (Å²) in [7, 11) is 1.54. The van der Waals surface area contributed by atoms with E-state index in [0.29, 0.717) is 27.4 Å². The number of benzene rings is 1. The number of piperidine rings is 1. The lowest BCUT2D eigenvalue weighted by Crippen LogP contribution is -2.47. The van der Waals surface area contributed by atoms with Crippen LogP contribution in [0.3, 0.4) is 0 Å². The fourth-order valence-electron chi connectivity index (χ4n) is 4.23. The van der Waals surface area contributed by atoms with Crippen LogP contribution in [0.2, 0.25) is 0 Å². The molecule has 5 rings (SSSR count). The van der Waals surface area contributed by atoms with Crippen molar-refractivity contribution in [2.75, 3.05) is 37.0 Å². The number of fused-ring (bicyclic) bond motifs is 2. The molecule has 1 aromatic carbocycles. The number of anilines is 2. The lowest BCUT2D eigenvalue weighted by atomic mass is 10.0. The molecule has 3 aromatic rings. The molecule has 0 spiro atoms. The fourth-order valence-corrected chi connectivity index (χ4v) is 5.02. The molecule has 1 saturated heterocycles. The van der Waals surface area contributed by atoms with Gasteiger partial charge in [0.15, 0.2) is 15.5 Å². The Morgan fingerprint density at radius 3 is 2.86 bits per heavy atom. The Morgan fingerprint density at radius 2 is 2.03 bits per heavy atom. The van der Waals surface area contributed by atoms with Crippen LogP contribution >= 0.6 is 11.3 Å². The van der Waals surface area contributed by atoms with E-state index < -0.39 is 0 Å². The number of carbonyl (C=O) groups is 1.